The normalized spacial score (nSPS) is 18.6. The third kappa shape index (κ3) is 4.51. The van der Waals surface area contributed by atoms with Crippen LogP contribution in [0.25, 0.3) is 0 Å². The zero-order valence-corrected chi connectivity index (χ0v) is 11.8. The minimum absolute atomic E-state index is 0.113. The zero-order chi connectivity index (χ0) is 14.2. The highest BCUT2D eigenvalue weighted by Crippen LogP contribution is 2.13. The number of ether oxygens (including phenoxy) is 3. The molecule has 0 saturated carbocycles. The second kappa shape index (κ2) is 7.87. The van der Waals surface area contributed by atoms with Crippen LogP contribution in [0, 0.1) is 0 Å². The molecule has 0 radical (unpaired) electrons. The number of hydrogen-bond donors (Lipinski definition) is 1. The average Bonchev–Trinajstić information content (AvgIpc) is 2.52. The van der Waals surface area contributed by atoms with E-state index in [4.69, 9.17) is 14.2 Å². The number of amides is 1. The predicted molar refractivity (Wildman–Crippen MR) is 74.9 cm³/mol. The van der Waals surface area contributed by atoms with Crippen molar-refractivity contribution in [1.82, 2.24) is 5.32 Å². The summed E-state index contributed by atoms with van der Waals surface area (Å²) in [5, 5.41) is 2.81. The highest BCUT2D eigenvalue weighted by molar-refractivity contribution is 5.94. The number of methoxy groups -OCH3 is 1. The minimum atomic E-state index is -0.128. The number of carbonyl (C=O) groups excluding carboxylic acids is 1. The Balaban J connectivity index is 1.69. The molecule has 0 bridgehead atoms. The smallest absolute Gasteiger partial charge is 0.251 e. The van der Waals surface area contributed by atoms with Crippen LogP contribution in [0.5, 0.6) is 5.75 Å². The van der Waals surface area contributed by atoms with Gasteiger partial charge in [-0.2, -0.15) is 0 Å². The molecule has 1 amide bonds. The second-order valence-corrected chi connectivity index (χ2v) is 4.65. The molecule has 0 aliphatic carbocycles. The molecule has 1 aliphatic rings. The van der Waals surface area contributed by atoms with Gasteiger partial charge in [0.15, 0.2) is 6.29 Å². The van der Waals surface area contributed by atoms with E-state index in [1.54, 1.807) is 31.4 Å². The van der Waals surface area contributed by atoms with Crippen LogP contribution in [-0.4, -0.2) is 39.1 Å². The maximum atomic E-state index is 11.9. The molecule has 2 rings (SSSR count). The molecule has 1 aliphatic heterocycles. The molecule has 0 spiro atoms. The van der Waals surface area contributed by atoms with E-state index in [-0.39, 0.29) is 12.2 Å². The van der Waals surface area contributed by atoms with E-state index in [2.05, 4.69) is 5.32 Å². The quantitative estimate of drug-likeness (QED) is 0.809. The van der Waals surface area contributed by atoms with Crippen molar-refractivity contribution in [2.24, 2.45) is 0 Å². The average molecular weight is 279 g/mol. The highest BCUT2D eigenvalue weighted by atomic mass is 16.7. The first kappa shape index (κ1) is 14.8. The Morgan fingerprint density at radius 2 is 2.35 bits per heavy atom. The van der Waals surface area contributed by atoms with Gasteiger partial charge in [0.2, 0.25) is 0 Å². The van der Waals surface area contributed by atoms with Crippen LogP contribution in [0.3, 0.4) is 0 Å². The summed E-state index contributed by atoms with van der Waals surface area (Å²) >= 11 is 0. The lowest BCUT2D eigenvalue weighted by atomic mass is 10.2. The third-order valence-corrected chi connectivity index (χ3v) is 3.16. The minimum Gasteiger partial charge on any atom is -0.497 e. The van der Waals surface area contributed by atoms with Crippen LogP contribution in [0.2, 0.25) is 0 Å². The Bertz CT molecular complexity index is 430. The lowest BCUT2D eigenvalue weighted by Gasteiger charge is -2.22. The first-order valence-electron chi connectivity index (χ1n) is 6.95. The van der Waals surface area contributed by atoms with E-state index in [0.717, 1.165) is 25.9 Å². The molecule has 1 heterocycles. The van der Waals surface area contributed by atoms with Gasteiger partial charge < -0.3 is 19.5 Å². The topological polar surface area (TPSA) is 56.8 Å². The summed E-state index contributed by atoms with van der Waals surface area (Å²) in [6.07, 6.45) is 3.06. The van der Waals surface area contributed by atoms with Crippen molar-refractivity contribution >= 4 is 5.91 Å². The van der Waals surface area contributed by atoms with Gasteiger partial charge in [-0.15, -0.1) is 0 Å². The lowest BCUT2D eigenvalue weighted by molar-refractivity contribution is -0.161. The van der Waals surface area contributed by atoms with E-state index >= 15 is 0 Å². The molecular formula is C15H21NO4. The Kier molecular flexibility index (Phi) is 5.83. The van der Waals surface area contributed by atoms with E-state index in [1.165, 1.54) is 0 Å². The highest BCUT2D eigenvalue weighted by Gasteiger charge is 2.13. The van der Waals surface area contributed by atoms with E-state index in [1.807, 2.05) is 0 Å². The molecular weight excluding hydrogens is 258 g/mol. The van der Waals surface area contributed by atoms with Gasteiger partial charge in [-0.05, 0) is 37.5 Å². The molecule has 1 saturated heterocycles. The summed E-state index contributed by atoms with van der Waals surface area (Å²) in [7, 11) is 1.58. The van der Waals surface area contributed by atoms with Gasteiger partial charge in [-0.3, -0.25) is 4.79 Å². The maximum Gasteiger partial charge on any atom is 0.251 e. The SMILES string of the molecule is COc1cccc(C(=O)NCCOC2CCCCO2)c1. The number of rotatable bonds is 6. The lowest BCUT2D eigenvalue weighted by Crippen LogP contribution is -2.30. The molecule has 5 nitrogen and oxygen atoms in total. The van der Waals surface area contributed by atoms with E-state index in [9.17, 15) is 4.79 Å². The van der Waals surface area contributed by atoms with Crippen molar-refractivity contribution in [3.63, 3.8) is 0 Å². The van der Waals surface area contributed by atoms with Crippen LogP contribution in [-0.2, 0) is 9.47 Å². The van der Waals surface area contributed by atoms with Crippen molar-refractivity contribution in [1.29, 1.82) is 0 Å². The largest absolute Gasteiger partial charge is 0.497 e. The number of benzene rings is 1. The Morgan fingerprint density at radius 1 is 1.45 bits per heavy atom. The van der Waals surface area contributed by atoms with Crippen LogP contribution < -0.4 is 10.1 Å². The van der Waals surface area contributed by atoms with E-state index in [0.29, 0.717) is 24.5 Å². The summed E-state index contributed by atoms with van der Waals surface area (Å²) in [6.45, 7) is 1.69. The van der Waals surface area contributed by atoms with Gasteiger partial charge in [-0.25, -0.2) is 0 Å². The van der Waals surface area contributed by atoms with Crippen molar-refractivity contribution < 1.29 is 19.0 Å². The zero-order valence-electron chi connectivity index (χ0n) is 11.8. The van der Waals surface area contributed by atoms with Crippen molar-refractivity contribution in [2.75, 3.05) is 26.9 Å². The Morgan fingerprint density at radius 3 is 3.10 bits per heavy atom. The van der Waals surface area contributed by atoms with Gasteiger partial charge in [0.05, 0.1) is 13.7 Å². The van der Waals surface area contributed by atoms with Crippen molar-refractivity contribution in [3.05, 3.63) is 29.8 Å². The maximum absolute atomic E-state index is 11.9. The summed E-state index contributed by atoms with van der Waals surface area (Å²) in [5.41, 5.74) is 0.582. The molecule has 1 aromatic carbocycles. The van der Waals surface area contributed by atoms with Gasteiger partial charge in [0.1, 0.15) is 5.75 Å². The van der Waals surface area contributed by atoms with Crippen LogP contribution in [0.15, 0.2) is 24.3 Å². The molecule has 1 unspecified atom stereocenters. The third-order valence-electron chi connectivity index (χ3n) is 3.16. The molecule has 1 fully saturated rings. The van der Waals surface area contributed by atoms with Crippen LogP contribution in [0.4, 0.5) is 0 Å². The van der Waals surface area contributed by atoms with E-state index < -0.39 is 0 Å². The molecule has 20 heavy (non-hydrogen) atoms. The summed E-state index contributed by atoms with van der Waals surface area (Å²) in [6, 6.07) is 7.06. The van der Waals surface area contributed by atoms with Crippen molar-refractivity contribution in [3.8, 4) is 5.75 Å². The Hall–Kier alpha value is -1.59. The van der Waals surface area contributed by atoms with Crippen LogP contribution >= 0.6 is 0 Å². The molecule has 0 aromatic heterocycles. The number of nitrogens with one attached hydrogen (secondary N) is 1. The standard InChI is InChI=1S/C15H21NO4/c1-18-13-6-4-5-12(11-13)15(17)16-8-10-20-14-7-2-3-9-19-14/h4-6,11,14H,2-3,7-10H2,1H3,(H,16,17). The van der Waals surface area contributed by atoms with Crippen LogP contribution in [0.1, 0.15) is 29.6 Å². The number of hydrogen-bond acceptors (Lipinski definition) is 4. The first-order chi connectivity index (χ1) is 9.79. The van der Waals surface area contributed by atoms with Crippen molar-refractivity contribution in [2.45, 2.75) is 25.6 Å². The molecule has 110 valence electrons. The fraction of sp³-hybridized carbons (Fsp3) is 0.533. The summed E-state index contributed by atoms with van der Waals surface area (Å²) in [5.74, 6) is 0.543. The van der Waals surface area contributed by atoms with Gasteiger partial charge in [0.25, 0.3) is 5.91 Å². The second-order valence-electron chi connectivity index (χ2n) is 4.65. The first-order valence-corrected chi connectivity index (χ1v) is 6.95. The number of carbonyl (C=O) groups is 1. The summed E-state index contributed by atoms with van der Waals surface area (Å²) in [4.78, 5) is 11.9. The predicted octanol–water partition coefficient (Wildman–Crippen LogP) is 1.97. The molecule has 1 atom stereocenters. The monoisotopic (exact) mass is 279 g/mol. The van der Waals surface area contributed by atoms with Gasteiger partial charge >= 0.3 is 0 Å². The molecule has 1 aromatic rings. The van der Waals surface area contributed by atoms with Gasteiger partial charge in [-0.1, -0.05) is 6.07 Å². The molecule has 5 heteroatoms. The Labute approximate surface area is 119 Å². The fourth-order valence-corrected chi connectivity index (χ4v) is 2.06. The molecule has 1 N–H and O–H groups in total. The van der Waals surface area contributed by atoms with Gasteiger partial charge in [0, 0.05) is 18.7 Å². The summed E-state index contributed by atoms with van der Waals surface area (Å²) < 4.78 is 16.1. The fourth-order valence-electron chi connectivity index (χ4n) is 2.06.